The highest BCUT2D eigenvalue weighted by molar-refractivity contribution is 7.80. The number of hydrogen-bond acceptors (Lipinski definition) is 1. The minimum atomic E-state index is 0.996. The molecule has 0 aliphatic heterocycles. The molecule has 28 heavy (non-hydrogen) atoms. The van der Waals surface area contributed by atoms with Gasteiger partial charge >= 0.3 is 0 Å². The topological polar surface area (TPSA) is 0 Å². The third-order valence-electron chi connectivity index (χ3n) is 4.66. The average Bonchev–Trinajstić information content (AvgIpc) is 2.76. The van der Waals surface area contributed by atoms with Crippen LogP contribution in [0.25, 0.3) is 11.1 Å². The lowest BCUT2D eigenvalue weighted by Crippen LogP contribution is -1.88. The number of benzene rings is 4. The molecule has 0 spiro atoms. The normalized spacial score (nSPS) is 10.1. The van der Waals surface area contributed by atoms with Gasteiger partial charge in [-0.1, -0.05) is 104 Å². The molecule has 0 aliphatic rings. The van der Waals surface area contributed by atoms with Crippen molar-refractivity contribution in [2.45, 2.75) is 24.7 Å². The van der Waals surface area contributed by atoms with Crippen molar-refractivity contribution in [2.75, 3.05) is 0 Å². The molecule has 4 aromatic rings. The second-order valence-electron chi connectivity index (χ2n) is 6.75. The first-order valence-electron chi connectivity index (χ1n) is 9.71. The van der Waals surface area contributed by atoms with Gasteiger partial charge in [-0.05, 0) is 52.8 Å². The van der Waals surface area contributed by atoms with Gasteiger partial charge in [0.15, 0.2) is 0 Å². The van der Waals surface area contributed by atoms with E-state index >= 15 is 0 Å². The monoisotopic (exact) mass is 382 g/mol. The molecule has 0 amide bonds. The molecule has 0 saturated heterocycles. The summed E-state index contributed by atoms with van der Waals surface area (Å²) in [6.45, 7) is 2.19. The van der Waals surface area contributed by atoms with Crippen molar-refractivity contribution in [3.63, 3.8) is 0 Å². The van der Waals surface area contributed by atoms with Gasteiger partial charge in [-0.15, -0.1) is 12.6 Å². The van der Waals surface area contributed by atoms with Crippen molar-refractivity contribution in [1.82, 2.24) is 0 Å². The van der Waals surface area contributed by atoms with Crippen LogP contribution in [0.4, 0.5) is 0 Å². The Morgan fingerprint density at radius 2 is 0.929 bits per heavy atom. The lowest BCUT2D eigenvalue weighted by molar-refractivity contribution is 1.14. The number of aryl methyl sites for hydroxylation is 1. The molecule has 0 aliphatic carbocycles. The molecule has 140 valence electrons. The fourth-order valence-electron chi connectivity index (χ4n) is 3.01. The molecule has 0 aromatic heterocycles. The first-order chi connectivity index (χ1) is 13.7. The molecule has 0 bridgehead atoms. The second kappa shape index (κ2) is 10.5. The predicted octanol–water partition coefficient (Wildman–Crippen LogP) is 7.48. The molecule has 0 unspecified atom stereocenters. The van der Waals surface area contributed by atoms with E-state index in [2.05, 4.69) is 98.4 Å². The summed E-state index contributed by atoms with van der Waals surface area (Å²) in [6, 6.07) is 38.2. The lowest BCUT2D eigenvalue weighted by Gasteiger charge is -2.06. The van der Waals surface area contributed by atoms with E-state index in [1.165, 1.54) is 27.8 Å². The Morgan fingerprint density at radius 3 is 1.36 bits per heavy atom. The Hall–Kier alpha value is -2.77. The summed E-state index contributed by atoms with van der Waals surface area (Å²) in [5.74, 6) is 0. The van der Waals surface area contributed by atoms with Crippen LogP contribution in [-0.2, 0) is 12.8 Å². The molecule has 1 heteroatoms. The van der Waals surface area contributed by atoms with Crippen LogP contribution in [0.1, 0.15) is 23.6 Å². The minimum absolute atomic E-state index is 0.996. The molecule has 0 N–H and O–H groups in total. The highest BCUT2D eigenvalue weighted by Gasteiger charge is 2.00. The van der Waals surface area contributed by atoms with Crippen molar-refractivity contribution in [1.29, 1.82) is 0 Å². The maximum Gasteiger partial charge on any atom is 0.00399 e. The van der Waals surface area contributed by atoms with Crippen LogP contribution in [0.5, 0.6) is 0 Å². The van der Waals surface area contributed by atoms with Gasteiger partial charge in [0.25, 0.3) is 0 Å². The largest absolute Gasteiger partial charge is 0.143 e. The van der Waals surface area contributed by atoms with E-state index < -0.39 is 0 Å². The Kier molecular flexibility index (Phi) is 7.52. The van der Waals surface area contributed by atoms with Crippen molar-refractivity contribution >= 4 is 12.6 Å². The van der Waals surface area contributed by atoms with Crippen molar-refractivity contribution in [3.05, 3.63) is 126 Å². The summed E-state index contributed by atoms with van der Waals surface area (Å²) in [5, 5.41) is 0. The third-order valence-corrected chi connectivity index (χ3v) is 4.95. The molecule has 0 nitrogen and oxygen atoms in total. The molecular weight excluding hydrogens is 356 g/mol. The Bertz CT molecular complexity index is 941. The van der Waals surface area contributed by atoms with Gasteiger partial charge in [0, 0.05) is 4.90 Å². The zero-order chi connectivity index (χ0) is 19.6. The summed E-state index contributed by atoms with van der Waals surface area (Å²) in [4.78, 5) is 1.02. The highest BCUT2D eigenvalue weighted by Crippen LogP contribution is 2.21. The van der Waals surface area contributed by atoms with Gasteiger partial charge in [-0.25, -0.2) is 0 Å². The van der Waals surface area contributed by atoms with Crippen LogP contribution in [-0.4, -0.2) is 0 Å². The van der Waals surface area contributed by atoms with Crippen LogP contribution in [0, 0.1) is 0 Å². The highest BCUT2D eigenvalue weighted by atomic mass is 32.1. The smallest absolute Gasteiger partial charge is 0.00399 e. The molecule has 0 saturated carbocycles. The van der Waals surface area contributed by atoms with Gasteiger partial charge in [-0.3, -0.25) is 0 Å². The van der Waals surface area contributed by atoms with Crippen molar-refractivity contribution in [3.8, 4) is 11.1 Å². The first-order valence-corrected chi connectivity index (χ1v) is 10.2. The summed E-state index contributed by atoms with van der Waals surface area (Å²) in [6.07, 6.45) is 2.09. The van der Waals surface area contributed by atoms with E-state index in [9.17, 15) is 0 Å². The van der Waals surface area contributed by atoms with Crippen LogP contribution in [0.3, 0.4) is 0 Å². The zero-order valence-corrected chi connectivity index (χ0v) is 17.1. The maximum absolute atomic E-state index is 4.08. The van der Waals surface area contributed by atoms with Gasteiger partial charge in [0.1, 0.15) is 0 Å². The van der Waals surface area contributed by atoms with Gasteiger partial charge < -0.3 is 0 Å². The summed E-state index contributed by atoms with van der Waals surface area (Å²) in [7, 11) is 0. The van der Waals surface area contributed by atoms with Crippen LogP contribution in [0.2, 0.25) is 0 Å². The molecule has 0 radical (unpaired) electrons. The van der Waals surface area contributed by atoms with Crippen molar-refractivity contribution < 1.29 is 0 Å². The quantitative estimate of drug-likeness (QED) is 0.347. The summed E-state index contributed by atoms with van der Waals surface area (Å²) < 4.78 is 0. The van der Waals surface area contributed by atoms with Crippen LogP contribution in [0.15, 0.2) is 114 Å². The van der Waals surface area contributed by atoms with E-state index in [4.69, 9.17) is 0 Å². The Morgan fingerprint density at radius 1 is 0.500 bits per heavy atom. The van der Waals surface area contributed by atoms with E-state index in [1.807, 2.05) is 30.3 Å². The van der Waals surface area contributed by atoms with Gasteiger partial charge in [0.2, 0.25) is 0 Å². The van der Waals surface area contributed by atoms with Crippen molar-refractivity contribution in [2.24, 2.45) is 0 Å². The van der Waals surface area contributed by atoms with E-state index in [0.717, 1.165) is 17.7 Å². The molecule has 4 rings (SSSR count). The van der Waals surface area contributed by atoms with E-state index in [0.29, 0.717) is 0 Å². The number of thiol groups is 1. The van der Waals surface area contributed by atoms with E-state index in [-0.39, 0.29) is 0 Å². The maximum atomic E-state index is 4.08. The fraction of sp³-hybridized carbons (Fsp3) is 0.111. The Balaban J connectivity index is 0.000000271. The third kappa shape index (κ3) is 6.14. The van der Waals surface area contributed by atoms with Crippen LogP contribution >= 0.6 is 12.6 Å². The number of hydrogen-bond donors (Lipinski definition) is 1. The lowest BCUT2D eigenvalue weighted by atomic mass is 9.99. The number of rotatable bonds is 4. The standard InChI is InChI=1S/C21H20.C6H6S/c1-2-17-8-12-20(13-9-17)21-14-10-19(11-15-21)16-18-6-4-3-5-7-18;7-6-4-2-1-3-5-6/h3-15H,2,16H2,1H3;1-5,7H. The fourth-order valence-corrected chi connectivity index (χ4v) is 3.18. The minimum Gasteiger partial charge on any atom is -0.143 e. The first kappa shape index (κ1) is 20.0. The molecular formula is C27H26S. The second-order valence-corrected chi connectivity index (χ2v) is 7.26. The summed E-state index contributed by atoms with van der Waals surface area (Å²) >= 11 is 4.08. The average molecular weight is 383 g/mol. The van der Waals surface area contributed by atoms with Gasteiger partial charge in [-0.2, -0.15) is 0 Å². The predicted molar refractivity (Wildman–Crippen MR) is 124 cm³/mol. The molecule has 0 fully saturated rings. The summed E-state index contributed by atoms with van der Waals surface area (Å²) in [5.41, 5.74) is 6.68. The Labute approximate surface area is 174 Å². The van der Waals surface area contributed by atoms with Gasteiger partial charge in [0.05, 0.1) is 0 Å². The SMILES string of the molecule is CCc1ccc(-c2ccc(Cc3ccccc3)cc2)cc1.Sc1ccccc1. The molecule has 0 atom stereocenters. The molecule has 4 aromatic carbocycles. The zero-order valence-electron chi connectivity index (χ0n) is 16.3. The molecule has 0 heterocycles. The van der Waals surface area contributed by atoms with Crippen LogP contribution < -0.4 is 0 Å². The van der Waals surface area contributed by atoms with E-state index in [1.54, 1.807) is 0 Å².